The minimum Gasteiger partial charge on any atom is -0.467 e. The first kappa shape index (κ1) is 17.5. The fourth-order valence-electron chi connectivity index (χ4n) is 2.81. The van der Waals surface area contributed by atoms with Crippen molar-refractivity contribution in [3.63, 3.8) is 0 Å². The van der Waals surface area contributed by atoms with Crippen molar-refractivity contribution in [2.24, 2.45) is 0 Å². The van der Waals surface area contributed by atoms with E-state index in [1.54, 1.807) is 17.2 Å². The smallest absolute Gasteiger partial charge is 0.322 e. The predicted molar refractivity (Wildman–Crippen MR) is 104 cm³/mol. The summed E-state index contributed by atoms with van der Waals surface area (Å²) in [6.45, 7) is 0.961. The summed E-state index contributed by atoms with van der Waals surface area (Å²) in [5, 5.41) is 2.94. The third kappa shape index (κ3) is 4.09. The Balaban J connectivity index is 1.55. The molecule has 27 heavy (non-hydrogen) atoms. The Bertz CT molecular complexity index is 943. The van der Waals surface area contributed by atoms with Crippen LogP contribution in [0.25, 0.3) is 0 Å². The second kappa shape index (κ2) is 7.75. The second-order valence-corrected chi connectivity index (χ2v) is 6.89. The van der Waals surface area contributed by atoms with Crippen molar-refractivity contribution in [1.82, 2.24) is 4.90 Å². The summed E-state index contributed by atoms with van der Waals surface area (Å²) in [4.78, 5) is 14.6. The average Bonchev–Trinajstić information content (AvgIpc) is 3.34. The predicted octanol–water partition coefficient (Wildman–Crippen LogP) is 5.01. The summed E-state index contributed by atoms with van der Waals surface area (Å²) in [6, 6.07) is 16.6. The number of carbonyl (C=O) groups excluding carboxylic acids is 1. The van der Waals surface area contributed by atoms with Gasteiger partial charge in [0, 0.05) is 11.0 Å². The Kier molecular flexibility index (Phi) is 5.02. The topological polar surface area (TPSA) is 63.9 Å². The lowest BCUT2D eigenvalue weighted by atomic mass is 10.2. The number of para-hydroxylation sites is 1. The molecular formula is C20H17BrN2O4. The monoisotopic (exact) mass is 428 g/mol. The summed E-state index contributed by atoms with van der Waals surface area (Å²) in [5.74, 6) is 2.11. The van der Waals surface area contributed by atoms with Gasteiger partial charge in [0.05, 0.1) is 18.5 Å². The Morgan fingerprint density at radius 3 is 2.70 bits per heavy atom. The number of halogens is 1. The first-order valence-electron chi connectivity index (χ1n) is 8.40. The first-order chi connectivity index (χ1) is 13.2. The van der Waals surface area contributed by atoms with Crippen LogP contribution in [0.3, 0.4) is 0 Å². The molecule has 0 unspecified atom stereocenters. The number of benzene rings is 2. The van der Waals surface area contributed by atoms with Crippen molar-refractivity contribution < 1.29 is 18.7 Å². The first-order valence-corrected chi connectivity index (χ1v) is 9.20. The van der Waals surface area contributed by atoms with Crippen molar-refractivity contribution >= 4 is 27.6 Å². The van der Waals surface area contributed by atoms with Crippen molar-refractivity contribution in [1.29, 1.82) is 0 Å². The van der Waals surface area contributed by atoms with Gasteiger partial charge in [0.1, 0.15) is 5.76 Å². The number of hydrogen-bond donors (Lipinski definition) is 1. The largest absolute Gasteiger partial charge is 0.467 e. The van der Waals surface area contributed by atoms with Gasteiger partial charge < -0.3 is 24.1 Å². The van der Waals surface area contributed by atoms with Crippen molar-refractivity contribution in [3.05, 3.63) is 76.7 Å². The molecule has 3 aromatic rings. The molecule has 0 saturated heterocycles. The molecule has 1 N–H and O–H groups in total. The number of furan rings is 1. The highest BCUT2D eigenvalue weighted by atomic mass is 79.9. The van der Waals surface area contributed by atoms with Crippen LogP contribution in [0.15, 0.2) is 69.8 Å². The number of urea groups is 1. The lowest BCUT2D eigenvalue weighted by Crippen LogP contribution is -2.34. The van der Waals surface area contributed by atoms with E-state index >= 15 is 0 Å². The zero-order valence-electron chi connectivity index (χ0n) is 14.4. The van der Waals surface area contributed by atoms with E-state index in [1.807, 2.05) is 48.5 Å². The fraction of sp³-hybridized carbons (Fsp3) is 0.150. The number of nitrogens with one attached hydrogen (secondary N) is 1. The number of rotatable bonds is 5. The quantitative estimate of drug-likeness (QED) is 0.620. The van der Waals surface area contributed by atoms with Gasteiger partial charge in [-0.25, -0.2) is 4.79 Å². The van der Waals surface area contributed by atoms with Gasteiger partial charge in [0.25, 0.3) is 0 Å². The summed E-state index contributed by atoms with van der Waals surface area (Å²) in [7, 11) is 0. The molecule has 6 nitrogen and oxygen atoms in total. The molecular weight excluding hydrogens is 412 g/mol. The molecule has 1 aromatic heterocycles. The standard InChI is InChI=1S/C20H17BrN2O4/c21-16-5-1-2-6-17(16)22-20(24)23(12-15-4-3-9-25-15)11-14-7-8-18-19(10-14)27-13-26-18/h1-10H,11-13H2,(H,22,24). The molecule has 7 heteroatoms. The molecule has 0 aliphatic carbocycles. The number of ether oxygens (including phenoxy) is 2. The maximum absolute atomic E-state index is 12.9. The van der Waals surface area contributed by atoms with Gasteiger partial charge in [-0.1, -0.05) is 18.2 Å². The van der Waals surface area contributed by atoms with Gasteiger partial charge >= 0.3 is 6.03 Å². The van der Waals surface area contributed by atoms with Gasteiger partial charge in [-0.2, -0.15) is 0 Å². The molecule has 0 radical (unpaired) electrons. The molecule has 4 rings (SSSR count). The summed E-state index contributed by atoms with van der Waals surface area (Å²) in [6.07, 6.45) is 1.60. The number of anilines is 1. The maximum atomic E-state index is 12.9. The Morgan fingerprint density at radius 2 is 1.89 bits per heavy atom. The SMILES string of the molecule is O=C(Nc1ccccc1Br)N(Cc1ccc2c(c1)OCO2)Cc1ccco1. The van der Waals surface area contributed by atoms with Crippen LogP contribution in [0.5, 0.6) is 11.5 Å². The molecule has 138 valence electrons. The van der Waals surface area contributed by atoms with Crippen molar-refractivity contribution in [3.8, 4) is 11.5 Å². The number of hydrogen-bond acceptors (Lipinski definition) is 4. The van der Waals surface area contributed by atoms with Crippen LogP contribution in [0, 0.1) is 0 Å². The van der Waals surface area contributed by atoms with Crippen molar-refractivity contribution in [2.75, 3.05) is 12.1 Å². The van der Waals surface area contributed by atoms with Crippen LogP contribution in [0.4, 0.5) is 10.5 Å². The Hall–Kier alpha value is -2.93. The van der Waals surface area contributed by atoms with Crippen LogP contribution < -0.4 is 14.8 Å². The van der Waals surface area contributed by atoms with E-state index in [4.69, 9.17) is 13.9 Å². The highest BCUT2D eigenvalue weighted by Crippen LogP contribution is 2.33. The molecule has 0 spiro atoms. The van der Waals surface area contributed by atoms with Crippen molar-refractivity contribution in [2.45, 2.75) is 13.1 Å². The van der Waals surface area contributed by atoms with Crippen LogP contribution in [-0.4, -0.2) is 17.7 Å². The van der Waals surface area contributed by atoms with E-state index < -0.39 is 0 Å². The number of amides is 2. The molecule has 0 fully saturated rings. The van der Waals surface area contributed by atoms with Crippen LogP contribution >= 0.6 is 15.9 Å². The molecule has 0 bridgehead atoms. The number of nitrogens with zero attached hydrogens (tertiary/aromatic N) is 1. The van der Waals surface area contributed by atoms with E-state index in [2.05, 4.69) is 21.2 Å². The van der Waals surface area contributed by atoms with Crippen LogP contribution in [-0.2, 0) is 13.1 Å². The molecule has 2 aromatic carbocycles. The molecule has 1 aliphatic heterocycles. The second-order valence-electron chi connectivity index (χ2n) is 6.03. The van der Waals surface area contributed by atoms with E-state index in [0.29, 0.717) is 36.0 Å². The third-order valence-electron chi connectivity index (χ3n) is 4.14. The normalized spacial score (nSPS) is 12.0. The third-order valence-corrected chi connectivity index (χ3v) is 4.83. The molecule has 0 saturated carbocycles. The zero-order chi connectivity index (χ0) is 18.6. The summed E-state index contributed by atoms with van der Waals surface area (Å²) >= 11 is 3.45. The highest BCUT2D eigenvalue weighted by Gasteiger charge is 2.19. The minimum atomic E-state index is -0.226. The van der Waals surface area contributed by atoms with Crippen LogP contribution in [0.1, 0.15) is 11.3 Å². The van der Waals surface area contributed by atoms with E-state index in [9.17, 15) is 4.79 Å². The summed E-state index contributed by atoms with van der Waals surface area (Å²) in [5.41, 5.74) is 1.64. The fourth-order valence-corrected chi connectivity index (χ4v) is 3.19. The molecule has 0 atom stereocenters. The highest BCUT2D eigenvalue weighted by molar-refractivity contribution is 9.10. The van der Waals surface area contributed by atoms with E-state index in [-0.39, 0.29) is 12.8 Å². The average molecular weight is 429 g/mol. The van der Waals surface area contributed by atoms with Gasteiger partial charge in [-0.3, -0.25) is 0 Å². The molecule has 2 heterocycles. The van der Waals surface area contributed by atoms with Crippen LogP contribution in [0.2, 0.25) is 0 Å². The minimum absolute atomic E-state index is 0.220. The zero-order valence-corrected chi connectivity index (χ0v) is 15.9. The number of fused-ring (bicyclic) bond motifs is 1. The summed E-state index contributed by atoms with van der Waals surface area (Å²) < 4.78 is 17.0. The van der Waals surface area contributed by atoms with E-state index in [1.165, 1.54) is 0 Å². The van der Waals surface area contributed by atoms with E-state index in [0.717, 1.165) is 10.0 Å². The Morgan fingerprint density at radius 1 is 1.04 bits per heavy atom. The maximum Gasteiger partial charge on any atom is 0.322 e. The van der Waals surface area contributed by atoms with Gasteiger partial charge in [0.15, 0.2) is 11.5 Å². The number of carbonyl (C=O) groups is 1. The molecule has 1 aliphatic rings. The lowest BCUT2D eigenvalue weighted by molar-refractivity contribution is 0.174. The molecule has 2 amide bonds. The lowest BCUT2D eigenvalue weighted by Gasteiger charge is -2.23. The van der Waals surface area contributed by atoms with Gasteiger partial charge in [0.2, 0.25) is 6.79 Å². The Labute approximate surface area is 164 Å². The van der Waals surface area contributed by atoms with Gasteiger partial charge in [-0.15, -0.1) is 0 Å². The van der Waals surface area contributed by atoms with Gasteiger partial charge in [-0.05, 0) is 57.9 Å².